The summed E-state index contributed by atoms with van der Waals surface area (Å²) in [6.45, 7) is 4.31. The van der Waals surface area contributed by atoms with Crippen LogP contribution in [0.25, 0.3) is 0 Å². The van der Waals surface area contributed by atoms with E-state index in [0.717, 1.165) is 48.3 Å². The summed E-state index contributed by atoms with van der Waals surface area (Å²) >= 11 is 6.38. The molecule has 0 radical (unpaired) electrons. The molecule has 19 heavy (non-hydrogen) atoms. The Morgan fingerprint density at radius 1 is 1.37 bits per heavy atom. The standard InChI is InChI=1S/C16H21ClO2/c1-3-11(4-2)13-7-6-12(10-14(13)17)16(15(18)19)8-5-9-16/h6-7,10-11H,3-5,8-9H2,1-2H3,(H,18,19). The third-order valence-electron chi connectivity index (χ3n) is 4.59. The van der Waals surface area contributed by atoms with E-state index in [1.807, 2.05) is 18.2 Å². The number of carbonyl (C=O) groups is 1. The second-order valence-corrected chi connectivity index (χ2v) is 5.90. The fourth-order valence-corrected chi connectivity index (χ4v) is 3.38. The maximum Gasteiger partial charge on any atom is 0.314 e. The van der Waals surface area contributed by atoms with E-state index < -0.39 is 11.4 Å². The lowest BCUT2D eigenvalue weighted by Gasteiger charge is -2.38. The van der Waals surface area contributed by atoms with Crippen molar-refractivity contribution in [3.63, 3.8) is 0 Å². The largest absolute Gasteiger partial charge is 0.481 e. The van der Waals surface area contributed by atoms with E-state index in [1.54, 1.807) is 0 Å². The summed E-state index contributed by atoms with van der Waals surface area (Å²) in [6.07, 6.45) is 4.55. The molecule has 104 valence electrons. The Balaban J connectivity index is 2.36. The van der Waals surface area contributed by atoms with Gasteiger partial charge in [0.2, 0.25) is 0 Å². The Bertz CT molecular complexity index is 474. The topological polar surface area (TPSA) is 37.3 Å². The van der Waals surface area contributed by atoms with Gasteiger partial charge < -0.3 is 5.11 Å². The van der Waals surface area contributed by atoms with Gasteiger partial charge in [-0.3, -0.25) is 4.79 Å². The molecule has 1 aromatic carbocycles. The maximum absolute atomic E-state index is 11.5. The van der Waals surface area contributed by atoms with E-state index in [2.05, 4.69) is 13.8 Å². The van der Waals surface area contributed by atoms with Gasteiger partial charge in [0, 0.05) is 5.02 Å². The molecule has 1 saturated carbocycles. The van der Waals surface area contributed by atoms with Gasteiger partial charge in [-0.05, 0) is 48.8 Å². The van der Waals surface area contributed by atoms with Crippen LogP contribution in [0.15, 0.2) is 18.2 Å². The summed E-state index contributed by atoms with van der Waals surface area (Å²) in [5.74, 6) is -0.256. The molecule has 1 fully saturated rings. The van der Waals surface area contributed by atoms with Gasteiger partial charge in [0.15, 0.2) is 0 Å². The summed E-state index contributed by atoms with van der Waals surface area (Å²) in [5, 5.41) is 10.2. The van der Waals surface area contributed by atoms with Gasteiger partial charge in [0.05, 0.1) is 5.41 Å². The van der Waals surface area contributed by atoms with E-state index in [4.69, 9.17) is 11.6 Å². The van der Waals surface area contributed by atoms with Gasteiger partial charge in [-0.1, -0.05) is 44.0 Å². The van der Waals surface area contributed by atoms with Gasteiger partial charge in [0.1, 0.15) is 0 Å². The van der Waals surface area contributed by atoms with Gasteiger partial charge >= 0.3 is 5.97 Å². The summed E-state index contributed by atoms with van der Waals surface area (Å²) in [4.78, 5) is 11.5. The van der Waals surface area contributed by atoms with Gasteiger partial charge in [-0.2, -0.15) is 0 Å². The van der Waals surface area contributed by atoms with Crippen molar-refractivity contribution in [2.75, 3.05) is 0 Å². The smallest absolute Gasteiger partial charge is 0.314 e. The SMILES string of the molecule is CCC(CC)c1ccc(C2(C(=O)O)CCC2)cc1Cl. The highest BCUT2D eigenvalue weighted by atomic mass is 35.5. The van der Waals surface area contributed by atoms with Crippen LogP contribution in [0.2, 0.25) is 5.02 Å². The molecule has 3 heteroatoms. The van der Waals surface area contributed by atoms with Gasteiger partial charge in [-0.15, -0.1) is 0 Å². The fourth-order valence-electron chi connectivity index (χ4n) is 3.04. The molecule has 1 N–H and O–H groups in total. The van der Waals surface area contributed by atoms with Crippen LogP contribution in [0, 0.1) is 0 Å². The van der Waals surface area contributed by atoms with Crippen molar-refractivity contribution in [2.24, 2.45) is 0 Å². The molecule has 1 aliphatic carbocycles. The van der Waals surface area contributed by atoms with Crippen molar-refractivity contribution in [2.45, 2.75) is 57.3 Å². The van der Waals surface area contributed by atoms with Crippen molar-refractivity contribution in [3.8, 4) is 0 Å². The molecule has 0 atom stereocenters. The first-order chi connectivity index (χ1) is 9.05. The molecule has 1 aromatic rings. The van der Waals surface area contributed by atoms with E-state index >= 15 is 0 Å². The number of carboxylic acids is 1. The zero-order valence-corrected chi connectivity index (χ0v) is 12.3. The zero-order chi connectivity index (χ0) is 14.0. The molecule has 1 aliphatic rings. The molecule has 0 heterocycles. The Morgan fingerprint density at radius 3 is 2.37 bits per heavy atom. The van der Waals surface area contributed by atoms with Gasteiger partial charge in [-0.25, -0.2) is 0 Å². The lowest BCUT2D eigenvalue weighted by atomic mass is 9.64. The molecular weight excluding hydrogens is 260 g/mol. The third kappa shape index (κ3) is 2.38. The van der Waals surface area contributed by atoms with Crippen molar-refractivity contribution in [1.29, 1.82) is 0 Å². The Hall–Kier alpha value is -1.02. The summed E-state index contributed by atoms with van der Waals surface area (Å²) in [6, 6.07) is 5.87. The molecule has 0 saturated heterocycles. The average Bonchev–Trinajstić information content (AvgIpc) is 2.31. The summed E-state index contributed by atoms with van der Waals surface area (Å²) in [7, 11) is 0. The minimum Gasteiger partial charge on any atom is -0.481 e. The quantitative estimate of drug-likeness (QED) is 0.845. The summed E-state index contributed by atoms with van der Waals surface area (Å²) < 4.78 is 0. The number of aliphatic carboxylic acids is 1. The highest BCUT2D eigenvalue weighted by molar-refractivity contribution is 6.31. The van der Waals surface area contributed by atoms with Crippen LogP contribution in [0.5, 0.6) is 0 Å². The Morgan fingerprint density at radius 2 is 2.00 bits per heavy atom. The van der Waals surface area contributed by atoms with Crippen LogP contribution in [0.3, 0.4) is 0 Å². The summed E-state index contributed by atoms with van der Waals surface area (Å²) in [5.41, 5.74) is 1.33. The molecular formula is C16H21ClO2. The lowest BCUT2D eigenvalue weighted by Crippen LogP contribution is -2.42. The first-order valence-corrected chi connectivity index (χ1v) is 7.46. The predicted molar refractivity (Wildman–Crippen MR) is 77.9 cm³/mol. The van der Waals surface area contributed by atoms with E-state index in [0.29, 0.717) is 5.92 Å². The molecule has 0 spiro atoms. The van der Waals surface area contributed by atoms with Crippen molar-refractivity contribution >= 4 is 17.6 Å². The van der Waals surface area contributed by atoms with E-state index in [9.17, 15) is 9.90 Å². The Labute approximate surface area is 119 Å². The second-order valence-electron chi connectivity index (χ2n) is 5.49. The molecule has 2 rings (SSSR count). The number of rotatable bonds is 5. The molecule has 0 amide bonds. The van der Waals surface area contributed by atoms with Crippen LogP contribution >= 0.6 is 11.6 Å². The Kier molecular flexibility index (Phi) is 4.19. The van der Waals surface area contributed by atoms with E-state index in [1.165, 1.54) is 0 Å². The number of hydrogen-bond donors (Lipinski definition) is 1. The van der Waals surface area contributed by atoms with Crippen molar-refractivity contribution < 1.29 is 9.90 Å². The first kappa shape index (κ1) is 14.4. The number of carboxylic acid groups (broad SMARTS) is 1. The van der Waals surface area contributed by atoms with Crippen molar-refractivity contribution in [1.82, 2.24) is 0 Å². The normalized spacial score (nSPS) is 17.3. The second kappa shape index (κ2) is 5.54. The lowest BCUT2D eigenvalue weighted by molar-refractivity contribution is -0.147. The highest BCUT2D eigenvalue weighted by Crippen LogP contribution is 2.45. The van der Waals surface area contributed by atoms with E-state index in [-0.39, 0.29) is 0 Å². The number of halogens is 1. The number of benzene rings is 1. The fraction of sp³-hybridized carbons (Fsp3) is 0.562. The van der Waals surface area contributed by atoms with Crippen LogP contribution in [-0.2, 0) is 10.2 Å². The highest BCUT2D eigenvalue weighted by Gasteiger charge is 2.46. The minimum atomic E-state index is -0.718. The maximum atomic E-state index is 11.5. The average molecular weight is 281 g/mol. The zero-order valence-electron chi connectivity index (χ0n) is 11.6. The molecule has 0 unspecified atom stereocenters. The first-order valence-electron chi connectivity index (χ1n) is 7.08. The number of hydrogen-bond acceptors (Lipinski definition) is 1. The minimum absolute atomic E-state index is 0.462. The van der Waals surface area contributed by atoms with Crippen LogP contribution in [0.1, 0.15) is 63.0 Å². The molecule has 2 nitrogen and oxygen atoms in total. The van der Waals surface area contributed by atoms with Crippen LogP contribution in [0.4, 0.5) is 0 Å². The van der Waals surface area contributed by atoms with Gasteiger partial charge in [0.25, 0.3) is 0 Å². The monoisotopic (exact) mass is 280 g/mol. The molecule has 0 bridgehead atoms. The van der Waals surface area contributed by atoms with Crippen LogP contribution < -0.4 is 0 Å². The molecule has 0 aliphatic heterocycles. The molecule has 0 aromatic heterocycles. The van der Waals surface area contributed by atoms with Crippen LogP contribution in [-0.4, -0.2) is 11.1 Å². The third-order valence-corrected chi connectivity index (χ3v) is 4.92. The predicted octanol–water partition coefficient (Wildman–Crippen LogP) is 4.75. The van der Waals surface area contributed by atoms with Crippen molar-refractivity contribution in [3.05, 3.63) is 34.3 Å².